The van der Waals surface area contributed by atoms with Crippen LogP contribution in [0.2, 0.25) is 0 Å². The zero-order valence-corrected chi connectivity index (χ0v) is 16.4. The molecule has 3 aliphatic rings. The van der Waals surface area contributed by atoms with Gasteiger partial charge in [-0.25, -0.2) is 0 Å². The fourth-order valence-corrected chi connectivity index (χ4v) is 4.94. The number of nitrogens with zero attached hydrogens (tertiary/aromatic N) is 2. The molecule has 6 heteroatoms. The molecule has 150 valence electrons. The highest BCUT2D eigenvalue weighted by molar-refractivity contribution is 5.96. The van der Waals surface area contributed by atoms with Gasteiger partial charge >= 0.3 is 0 Å². The van der Waals surface area contributed by atoms with Gasteiger partial charge < -0.3 is 19.3 Å². The van der Waals surface area contributed by atoms with Gasteiger partial charge in [0.15, 0.2) is 5.72 Å². The molecule has 1 spiro atoms. The van der Waals surface area contributed by atoms with Crippen LogP contribution >= 0.6 is 0 Å². The third kappa shape index (κ3) is 2.82. The number of amides is 2. The molecule has 2 amide bonds. The maximum atomic E-state index is 13.2. The highest BCUT2D eigenvalue weighted by atomic mass is 16.5. The molecule has 0 saturated carbocycles. The van der Waals surface area contributed by atoms with Crippen molar-refractivity contribution in [2.45, 2.75) is 37.6 Å². The molecule has 0 aliphatic carbocycles. The van der Waals surface area contributed by atoms with E-state index in [2.05, 4.69) is 0 Å². The Kier molecular flexibility index (Phi) is 4.32. The highest BCUT2D eigenvalue weighted by Crippen LogP contribution is 2.50. The Morgan fingerprint density at radius 2 is 1.93 bits per heavy atom. The number of carbonyl (C=O) groups excluding carboxylic acids is 2. The van der Waals surface area contributed by atoms with E-state index >= 15 is 0 Å². The molecule has 0 bridgehead atoms. The second-order valence-corrected chi connectivity index (χ2v) is 7.79. The summed E-state index contributed by atoms with van der Waals surface area (Å²) in [6, 6.07) is 16.9. The van der Waals surface area contributed by atoms with Gasteiger partial charge in [0.25, 0.3) is 5.91 Å². The average Bonchev–Trinajstić information content (AvgIpc) is 3.37. The Hall–Kier alpha value is -2.86. The lowest BCUT2D eigenvalue weighted by molar-refractivity contribution is -0.138. The maximum Gasteiger partial charge on any atom is 0.254 e. The van der Waals surface area contributed by atoms with Gasteiger partial charge in [0.1, 0.15) is 11.9 Å². The van der Waals surface area contributed by atoms with E-state index in [1.165, 1.54) is 0 Å². The van der Waals surface area contributed by atoms with E-state index in [-0.39, 0.29) is 24.0 Å². The van der Waals surface area contributed by atoms with Gasteiger partial charge in [-0.15, -0.1) is 0 Å². The van der Waals surface area contributed by atoms with Crippen LogP contribution in [0.3, 0.4) is 0 Å². The molecule has 0 aromatic heterocycles. The topological polar surface area (TPSA) is 59.1 Å². The van der Waals surface area contributed by atoms with Crippen LogP contribution in [-0.4, -0.2) is 53.1 Å². The minimum absolute atomic E-state index is 0.0589. The number of hydrogen-bond acceptors (Lipinski definition) is 4. The lowest BCUT2D eigenvalue weighted by Crippen LogP contribution is -2.48. The Labute approximate surface area is 170 Å². The SMILES string of the molecule is CCOc1ccc(C(=O)N2CC[C@@]34O[C@@H](c5ccccc5)CN3C(=O)C[C@@H]24)cc1. The molecule has 3 heterocycles. The number of carbonyl (C=O) groups is 2. The minimum Gasteiger partial charge on any atom is -0.494 e. The quantitative estimate of drug-likeness (QED) is 0.803. The molecule has 6 nitrogen and oxygen atoms in total. The number of benzene rings is 2. The van der Waals surface area contributed by atoms with Crippen LogP contribution in [-0.2, 0) is 9.53 Å². The number of hydrogen-bond donors (Lipinski definition) is 0. The fourth-order valence-electron chi connectivity index (χ4n) is 4.94. The average molecular weight is 392 g/mol. The lowest BCUT2D eigenvalue weighted by atomic mass is 10.1. The largest absolute Gasteiger partial charge is 0.494 e. The molecule has 29 heavy (non-hydrogen) atoms. The first kappa shape index (κ1) is 18.2. The molecule has 3 atom stereocenters. The van der Waals surface area contributed by atoms with Crippen LogP contribution in [0.4, 0.5) is 0 Å². The normalized spacial score (nSPS) is 27.8. The van der Waals surface area contributed by atoms with Gasteiger partial charge in [0.05, 0.1) is 25.6 Å². The first-order chi connectivity index (χ1) is 14.1. The molecule has 0 N–H and O–H groups in total. The first-order valence-electron chi connectivity index (χ1n) is 10.2. The minimum atomic E-state index is -0.696. The second kappa shape index (κ2) is 6.88. The third-order valence-corrected chi connectivity index (χ3v) is 6.27. The smallest absolute Gasteiger partial charge is 0.254 e. The van der Waals surface area contributed by atoms with E-state index < -0.39 is 5.72 Å². The van der Waals surface area contributed by atoms with Gasteiger partial charge in [-0.3, -0.25) is 9.59 Å². The predicted octanol–water partition coefficient (Wildman–Crippen LogP) is 3.00. The van der Waals surface area contributed by atoms with Gasteiger partial charge in [0.2, 0.25) is 5.91 Å². The van der Waals surface area contributed by atoms with Crippen molar-refractivity contribution in [1.29, 1.82) is 0 Å². The Morgan fingerprint density at radius 3 is 2.66 bits per heavy atom. The fraction of sp³-hybridized carbons (Fsp3) is 0.391. The van der Waals surface area contributed by atoms with Crippen molar-refractivity contribution in [3.63, 3.8) is 0 Å². The van der Waals surface area contributed by atoms with Crippen LogP contribution in [0.1, 0.15) is 41.8 Å². The van der Waals surface area contributed by atoms with Crippen LogP contribution in [0.15, 0.2) is 54.6 Å². The van der Waals surface area contributed by atoms with Gasteiger partial charge in [0, 0.05) is 18.5 Å². The summed E-state index contributed by atoms with van der Waals surface area (Å²) in [4.78, 5) is 29.6. The van der Waals surface area contributed by atoms with Crippen LogP contribution in [0.25, 0.3) is 0 Å². The van der Waals surface area contributed by atoms with Crippen molar-refractivity contribution >= 4 is 11.8 Å². The van der Waals surface area contributed by atoms with Crippen LogP contribution in [0.5, 0.6) is 5.75 Å². The Morgan fingerprint density at radius 1 is 1.17 bits per heavy atom. The van der Waals surface area contributed by atoms with Gasteiger partial charge in [-0.05, 0) is 36.8 Å². The highest BCUT2D eigenvalue weighted by Gasteiger charge is 2.64. The number of rotatable bonds is 4. The number of likely N-dealkylation sites (tertiary alicyclic amines) is 1. The molecular formula is C23H24N2O4. The van der Waals surface area contributed by atoms with E-state index in [1.807, 2.05) is 59.2 Å². The molecule has 3 saturated heterocycles. The van der Waals surface area contributed by atoms with Crippen molar-refractivity contribution in [2.75, 3.05) is 19.7 Å². The second-order valence-electron chi connectivity index (χ2n) is 7.79. The molecule has 5 rings (SSSR count). The van der Waals surface area contributed by atoms with E-state index in [9.17, 15) is 9.59 Å². The maximum absolute atomic E-state index is 13.2. The summed E-state index contributed by atoms with van der Waals surface area (Å²) in [5.41, 5.74) is 0.978. The predicted molar refractivity (Wildman–Crippen MR) is 106 cm³/mol. The summed E-state index contributed by atoms with van der Waals surface area (Å²) < 4.78 is 12.0. The van der Waals surface area contributed by atoms with Gasteiger partial charge in [-0.1, -0.05) is 30.3 Å². The van der Waals surface area contributed by atoms with Crippen molar-refractivity contribution < 1.29 is 19.1 Å². The van der Waals surface area contributed by atoms with E-state index in [0.717, 1.165) is 11.3 Å². The van der Waals surface area contributed by atoms with E-state index in [0.29, 0.717) is 38.1 Å². The lowest BCUT2D eigenvalue weighted by Gasteiger charge is -2.32. The summed E-state index contributed by atoms with van der Waals surface area (Å²) >= 11 is 0. The van der Waals surface area contributed by atoms with Crippen molar-refractivity contribution in [2.24, 2.45) is 0 Å². The molecule has 0 unspecified atom stereocenters. The van der Waals surface area contributed by atoms with E-state index in [1.54, 1.807) is 12.1 Å². The zero-order valence-electron chi connectivity index (χ0n) is 16.4. The van der Waals surface area contributed by atoms with Gasteiger partial charge in [-0.2, -0.15) is 0 Å². The zero-order chi connectivity index (χ0) is 20.0. The van der Waals surface area contributed by atoms with Crippen molar-refractivity contribution in [3.05, 3.63) is 65.7 Å². The Balaban J connectivity index is 1.39. The molecule has 2 aromatic carbocycles. The third-order valence-electron chi connectivity index (χ3n) is 6.27. The van der Waals surface area contributed by atoms with E-state index in [4.69, 9.17) is 9.47 Å². The summed E-state index contributed by atoms with van der Waals surface area (Å²) in [5, 5.41) is 0. The summed E-state index contributed by atoms with van der Waals surface area (Å²) in [7, 11) is 0. The number of ether oxygens (including phenoxy) is 2. The molecule has 3 fully saturated rings. The summed E-state index contributed by atoms with van der Waals surface area (Å²) in [6.07, 6.45) is 0.822. The van der Waals surface area contributed by atoms with Crippen LogP contribution in [0, 0.1) is 0 Å². The molecule has 2 aromatic rings. The Bertz CT molecular complexity index is 930. The van der Waals surface area contributed by atoms with Crippen LogP contribution < -0.4 is 4.74 Å². The standard InChI is InChI=1S/C23H24N2O4/c1-2-28-18-10-8-17(9-11-18)22(27)24-13-12-23-20(24)14-21(26)25(23)15-19(29-23)16-6-4-3-5-7-16/h3-11,19-20H,2,12-15H2,1H3/t19-,20-,23+/m1/s1. The molecule has 3 aliphatic heterocycles. The monoisotopic (exact) mass is 392 g/mol. The molecule has 0 radical (unpaired) electrons. The van der Waals surface area contributed by atoms with Crippen molar-refractivity contribution in [3.8, 4) is 5.75 Å². The molecular weight excluding hydrogens is 368 g/mol. The summed E-state index contributed by atoms with van der Waals surface area (Å²) in [6.45, 7) is 3.64. The summed E-state index contributed by atoms with van der Waals surface area (Å²) in [5.74, 6) is 0.753. The van der Waals surface area contributed by atoms with Crippen molar-refractivity contribution in [1.82, 2.24) is 9.80 Å². The first-order valence-corrected chi connectivity index (χ1v) is 10.2.